The van der Waals surface area contributed by atoms with Gasteiger partial charge in [0.15, 0.2) is 5.54 Å². The third-order valence-corrected chi connectivity index (χ3v) is 7.90. The van der Waals surface area contributed by atoms with Gasteiger partial charge in [0.1, 0.15) is 11.6 Å². The molecule has 0 saturated carbocycles. The van der Waals surface area contributed by atoms with E-state index in [9.17, 15) is 14.4 Å². The lowest BCUT2D eigenvalue weighted by atomic mass is 9.83. The number of imide groups is 1. The number of aromatic nitrogens is 1. The Morgan fingerprint density at radius 3 is 2.33 bits per heavy atom. The number of benzene rings is 3. The van der Waals surface area contributed by atoms with Crippen LogP contribution in [0.4, 0.5) is 4.79 Å². The minimum Gasteiger partial charge on any atom is -0.335 e. The molecule has 1 aliphatic rings. The highest BCUT2D eigenvalue weighted by molar-refractivity contribution is 7.18. The standard InChI is InChI=1S/C28H26N4O3S/c1-19(25-29-22-15-9-10-16-23(22)36-25)31(2)24(33)18-32-26(34)28(30-27(32)35,21-13-7-4-8-14-21)17-20-11-5-3-6-12-20/h3-16,19H,17-18H2,1-2H3,(H,30,35)/t19-,28-/m0/s1. The number of para-hydroxylation sites is 1. The summed E-state index contributed by atoms with van der Waals surface area (Å²) < 4.78 is 1.04. The van der Waals surface area contributed by atoms with Gasteiger partial charge in [-0.1, -0.05) is 72.8 Å². The predicted molar refractivity (Wildman–Crippen MR) is 139 cm³/mol. The second-order valence-corrected chi connectivity index (χ2v) is 10.0. The molecule has 1 fully saturated rings. The van der Waals surface area contributed by atoms with Crippen LogP contribution in [-0.2, 0) is 21.5 Å². The third kappa shape index (κ3) is 4.24. The number of hydrogen-bond acceptors (Lipinski definition) is 5. The molecule has 7 nitrogen and oxygen atoms in total. The van der Waals surface area contributed by atoms with Crippen LogP contribution >= 0.6 is 11.3 Å². The zero-order valence-corrected chi connectivity index (χ0v) is 20.9. The molecule has 0 radical (unpaired) electrons. The minimum atomic E-state index is -1.28. The van der Waals surface area contributed by atoms with E-state index in [0.29, 0.717) is 5.56 Å². The van der Waals surface area contributed by atoms with Crippen molar-refractivity contribution in [2.45, 2.75) is 24.9 Å². The molecular weight excluding hydrogens is 472 g/mol. The van der Waals surface area contributed by atoms with E-state index in [1.165, 1.54) is 16.2 Å². The van der Waals surface area contributed by atoms with Crippen molar-refractivity contribution in [1.29, 1.82) is 0 Å². The maximum atomic E-state index is 13.8. The van der Waals surface area contributed by atoms with Gasteiger partial charge < -0.3 is 10.2 Å². The first-order valence-electron chi connectivity index (χ1n) is 11.7. The molecule has 8 heteroatoms. The Labute approximate surface area is 213 Å². The molecule has 4 aromatic rings. The first-order valence-corrected chi connectivity index (χ1v) is 12.6. The Morgan fingerprint density at radius 2 is 1.64 bits per heavy atom. The van der Waals surface area contributed by atoms with Gasteiger partial charge in [0.2, 0.25) is 5.91 Å². The SMILES string of the molecule is C[C@@H](c1nc2ccccc2s1)N(C)C(=O)CN1C(=O)N[C@@](Cc2ccccc2)(c2ccccc2)C1=O. The summed E-state index contributed by atoms with van der Waals surface area (Å²) in [6, 6.07) is 25.7. The number of thiazole rings is 1. The highest BCUT2D eigenvalue weighted by atomic mass is 32.1. The van der Waals surface area contributed by atoms with Crippen molar-refractivity contribution in [2.24, 2.45) is 0 Å². The smallest absolute Gasteiger partial charge is 0.325 e. The van der Waals surface area contributed by atoms with E-state index in [1.54, 1.807) is 7.05 Å². The van der Waals surface area contributed by atoms with E-state index in [2.05, 4.69) is 10.3 Å². The summed E-state index contributed by atoms with van der Waals surface area (Å²) in [5.74, 6) is -0.772. The Kier molecular flexibility index (Phi) is 6.28. The van der Waals surface area contributed by atoms with Crippen molar-refractivity contribution >= 4 is 39.4 Å². The first kappa shape index (κ1) is 23.7. The Hall–Kier alpha value is -4.04. The lowest BCUT2D eigenvalue weighted by molar-refractivity contribution is -0.139. The fourth-order valence-electron chi connectivity index (χ4n) is 4.51. The van der Waals surface area contributed by atoms with Crippen LogP contribution in [0.2, 0.25) is 0 Å². The number of urea groups is 1. The van der Waals surface area contributed by atoms with Gasteiger partial charge in [0.05, 0.1) is 16.3 Å². The normalized spacial score (nSPS) is 18.3. The van der Waals surface area contributed by atoms with Crippen LogP contribution in [0.5, 0.6) is 0 Å². The van der Waals surface area contributed by atoms with Crippen LogP contribution < -0.4 is 5.32 Å². The molecule has 4 amide bonds. The van der Waals surface area contributed by atoms with Crippen molar-refractivity contribution in [1.82, 2.24) is 20.1 Å². The van der Waals surface area contributed by atoms with Gasteiger partial charge in [-0.2, -0.15) is 0 Å². The predicted octanol–water partition coefficient (Wildman–Crippen LogP) is 4.51. The number of rotatable bonds is 7. The average Bonchev–Trinajstić information content (AvgIpc) is 3.44. The van der Waals surface area contributed by atoms with Gasteiger partial charge in [-0.05, 0) is 30.2 Å². The third-order valence-electron chi connectivity index (χ3n) is 6.69. The number of likely N-dealkylation sites (N-methyl/N-ethyl adjacent to an activating group) is 1. The molecule has 0 aliphatic carbocycles. The average molecular weight is 499 g/mol. The Morgan fingerprint density at radius 1 is 1.00 bits per heavy atom. The zero-order valence-electron chi connectivity index (χ0n) is 20.0. The van der Waals surface area contributed by atoms with Crippen LogP contribution in [0, 0.1) is 0 Å². The molecule has 1 aromatic heterocycles. The Balaban J connectivity index is 1.39. The van der Waals surface area contributed by atoms with E-state index in [4.69, 9.17) is 0 Å². The highest BCUT2D eigenvalue weighted by Crippen LogP contribution is 2.34. The van der Waals surface area contributed by atoms with E-state index in [-0.39, 0.29) is 24.9 Å². The molecule has 182 valence electrons. The fourth-order valence-corrected chi connectivity index (χ4v) is 5.57. The summed E-state index contributed by atoms with van der Waals surface area (Å²) >= 11 is 1.53. The molecular formula is C28H26N4O3S. The van der Waals surface area contributed by atoms with E-state index in [0.717, 1.165) is 25.7 Å². The summed E-state index contributed by atoms with van der Waals surface area (Å²) in [5.41, 5.74) is 1.19. The molecule has 1 saturated heterocycles. The van der Waals surface area contributed by atoms with Gasteiger partial charge >= 0.3 is 6.03 Å². The second kappa shape index (κ2) is 9.54. The van der Waals surface area contributed by atoms with E-state index in [1.807, 2.05) is 91.9 Å². The number of carbonyl (C=O) groups excluding carboxylic acids is 3. The summed E-state index contributed by atoms with van der Waals surface area (Å²) in [6.45, 7) is 1.55. The topological polar surface area (TPSA) is 82.6 Å². The molecule has 3 aromatic carbocycles. The summed E-state index contributed by atoms with van der Waals surface area (Å²) in [7, 11) is 1.67. The fraction of sp³-hybridized carbons (Fsp3) is 0.214. The first-order chi connectivity index (χ1) is 17.4. The number of nitrogens with zero attached hydrogens (tertiary/aromatic N) is 3. The quantitative estimate of drug-likeness (QED) is 0.380. The number of carbonyl (C=O) groups is 3. The van der Waals surface area contributed by atoms with E-state index < -0.39 is 17.5 Å². The maximum absolute atomic E-state index is 13.8. The summed E-state index contributed by atoms with van der Waals surface area (Å²) in [4.78, 5) is 47.4. The van der Waals surface area contributed by atoms with Crippen molar-refractivity contribution in [2.75, 3.05) is 13.6 Å². The largest absolute Gasteiger partial charge is 0.335 e. The lowest BCUT2D eigenvalue weighted by Gasteiger charge is -2.28. The van der Waals surface area contributed by atoms with Gasteiger partial charge in [-0.25, -0.2) is 9.78 Å². The highest BCUT2D eigenvalue weighted by Gasteiger charge is 2.53. The van der Waals surface area contributed by atoms with Gasteiger partial charge in [-0.3, -0.25) is 14.5 Å². The molecule has 2 atom stereocenters. The summed E-state index contributed by atoms with van der Waals surface area (Å²) in [5, 5.41) is 3.71. The maximum Gasteiger partial charge on any atom is 0.325 e. The lowest BCUT2D eigenvalue weighted by Crippen LogP contribution is -2.47. The minimum absolute atomic E-state index is 0.283. The van der Waals surface area contributed by atoms with Gasteiger partial charge in [0.25, 0.3) is 5.91 Å². The number of nitrogens with one attached hydrogen (secondary N) is 1. The molecule has 0 bridgehead atoms. The van der Waals surface area contributed by atoms with Crippen LogP contribution in [0.3, 0.4) is 0 Å². The van der Waals surface area contributed by atoms with E-state index >= 15 is 0 Å². The molecule has 36 heavy (non-hydrogen) atoms. The molecule has 0 unspecified atom stereocenters. The second-order valence-electron chi connectivity index (χ2n) is 8.96. The van der Waals surface area contributed by atoms with Crippen LogP contribution in [-0.4, -0.2) is 46.2 Å². The van der Waals surface area contributed by atoms with Crippen molar-refractivity contribution in [3.63, 3.8) is 0 Å². The molecule has 5 rings (SSSR count). The van der Waals surface area contributed by atoms with Crippen LogP contribution in [0.25, 0.3) is 10.2 Å². The molecule has 1 N–H and O–H groups in total. The Bertz CT molecular complexity index is 1390. The number of amides is 4. The zero-order chi connectivity index (χ0) is 25.3. The van der Waals surface area contributed by atoms with Crippen LogP contribution in [0.1, 0.15) is 29.1 Å². The van der Waals surface area contributed by atoms with Crippen LogP contribution in [0.15, 0.2) is 84.9 Å². The molecule has 1 aliphatic heterocycles. The van der Waals surface area contributed by atoms with Crippen molar-refractivity contribution in [3.8, 4) is 0 Å². The molecule has 0 spiro atoms. The number of hydrogen-bond donors (Lipinski definition) is 1. The van der Waals surface area contributed by atoms with Gasteiger partial charge in [0, 0.05) is 13.5 Å². The monoisotopic (exact) mass is 498 g/mol. The summed E-state index contributed by atoms with van der Waals surface area (Å²) in [6.07, 6.45) is 0.283. The van der Waals surface area contributed by atoms with Gasteiger partial charge in [-0.15, -0.1) is 11.3 Å². The molecule has 2 heterocycles. The van der Waals surface area contributed by atoms with Crippen molar-refractivity contribution < 1.29 is 14.4 Å². The number of fused-ring (bicyclic) bond motifs is 1. The van der Waals surface area contributed by atoms with Crippen molar-refractivity contribution in [3.05, 3.63) is 101 Å².